The van der Waals surface area contributed by atoms with Crippen molar-refractivity contribution in [3.8, 4) is 11.5 Å². The van der Waals surface area contributed by atoms with Crippen LogP contribution in [0.25, 0.3) is 11.0 Å². The summed E-state index contributed by atoms with van der Waals surface area (Å²) >= 11 is 0. The highest BCUT2D eigenvalue weighted by Crippen LogP contribution is 2.43. The molecule has 0 aliphatic carbocycles. The van der Waals surface area contributed by atoms with Gasteiger partial charge in [0.1, 0.15) is 22.7 Å². The van der Waals surface area contributed by atoms with Gasteiger partial charge in [-0.05, 0) is 53.0 Å². The van der Waals surface area contributed by atoms with Crippen LogP contribution in [0.5, 0.6) is 11.5 Å². The van der Waals surface area contributed by atoms with Crippen molar-refractivity contribution >= 4 is 22.8 Å². The molecule has 8 heteroatoms. The van der Waals surface area contributed by atoms with Crippen molar-refractivity contribution in [2.45, 2.75) is 59.1 Å². The molecule has 1 aliphatic heterocycles. The molecule has 2 aromatic rings. The second-order valence-electron chi connectivity index (χ2n) is 7.95. The van der Waals surface area contributed by atoms with Crippen LogP contribution >= 0.6 is 0 Å². The second-order valence-corrected chi connectivity index (χ2v) is 7.95. The summed E-state index contributed by atoms with van der Waals surface area (Å²) in [5.74, 6) is -1.13. The first-order chi connectivity index (χ1) is 13.5. The molecule has 1 aromatic carbocycles. The zero-order valence-corrected chi connectivity index (χ0v) is 17.1. The smallest absolute Gasteiger partial charge is 0.339 e. The van der Waals surface area contributed by atoms with Gasteiger partial charge < -0.3 is 29.1 Å². The normalized spacial score (nSPS) is 15.9. The predicted octanol–water partition coefficient (Wildman–Crippen LogP) is 1.15. The SMILES string of the molecule is Cc1c(C)c2c(OCC(=O)N[C@@H](C)C(=O)[O-])cc3c(c2oc1=O)CCC(C)(C)O3. The lowest BCUT2D eigenvalue weighted by atomic mass is 9.92. The molecular formula is C21H24NO7-. The third-order valence-electron chi connectivity index (χ3n) is 5.20. The van der Waals surface area contributed by atoms with Gasteiger partial charge in [0.15, 0.2) is 6.61 Å². The van der Waals surface area contributed by atoms with Crippen molar-refractivity contribution in [2.75, 3.05) is 6.61 Å². The maximum Gasteiger partial charge on any atom is 0.339 e. The lowest BCUT2D eigenvalue weighted by Gasteiger charge is -2.33. The van der Waals surface area contributed by atoms with Crippen LogP contribution in [0, 0.1) is 13.8 Å². The fraction of sp³-hybridized carbons (Fsp3) is 0.476. The number of carboxylic acid groups (broad SMARTS) is 1. The monoisotopic (exact) mass is 402 g/mol. The average Bonchev–Trinajstić information content (AvgIpc) is 2.62. The summed E-state index contributed by atoms with van der Waals surface area (Å²) in [6, 6.07) is 0.554. The van der Waals surface area contributed by atoms with Gasteiger partial charge >= 0.3 is 5.63 Å². The van der Waals surface area contributed by atoms with Crippen LogP contribution in [0.3, 0.4) is 0 Å². The van der Waals surface area contributed by atoms with E-state index in [4.69, 9.17) is 13.9 Å². The Kier molecular flexibility index (Phi) is 5.30. The summed E-state index contributed by atoms with van der Waals surface area (Å²) < 4.78 is 17.3. The molecule has 1 atom stereocenters. The Bertz CT molecular complexity index is 1050. The van der Waals surface area contributed by atoms with Gasteiger partial charge in [0.2, 0.25) is 0 Å². The van der Waals surface area contributed by atoms with Crippen molar-refractivity contribution < 1.29 is 28.6 Å². The van der Waals surface area contributed by atoms with Crippen LogP contribution in [-0.4, -0.2) is 30.1 Å². The Morgan fingerprint density at radius 2 is 2.00 bits per heavy atom. The summed E-state index contributed by atoms with van der Waals surface area (Å²) in [4.78, 5) is 35.1. The second kappa shape index (κ2) is 7.42. The number of fused-ring (bicyclic) bond motifs is 3. The van der Waals surface area contributed by atoms with Crippen molar-refractivity contribution in [3.05, 3.63) is 33.2 Å². The van der Waals surface area contributed by atoms with Crippen LogP contribution < -0.4 is 25.5 Å². The van der Waals surface area contributed by atoms with Crippen LogP contribution in [0.2, 0.25) is 0 Å². The maximum absolute atomic E-state index is 12.3. The van der Waals surface area contributed by atoms with Gasteiger partial charge in [0.25, 0.3) is 5.91 Å². The summed E-state index contributed by atoms with van der Waals surface area (Å²) in [7, 11) is 0. The molecule has 0 radical (unpaired) electrons. The van der Waals surface area contributed by atoms with Gasteiger partial charge in [0, 0.05) is 17.2 Å². The quantitative estimate of drug-likeness (QED) is 0.745. The third kappa shape index (κ3) is 4.06. The minimum Gasteiger partial charge on any atom is -0.548 e. The minimum absolute atomic E-state index is 0.331. The van der Waals surface area contributed by atoms with Gasteiger partial charge in [-0.15, -0.1) is 0 Å². The summed E-state index contributed by atoms with van der Waals surface area (Å²) in [5.41, 5.74) is 1.52. The molecule has 0 unspecified atom stereocenters. The van der Waals surface area contributed by atoms with E-state index in [0.717, 1.165) is 12.0 Å². The van der Waals surface area contributed by atoms with Crippen LogP contribution in [0.15, 0.2) is 15.3 Å². The minimum atomic E-state index is -1.39. The lowest BCUT2D eigenvalue weighted by molar-refractivity contribution is -0.307. The third-order valence-corrected chi connectivity index (χ3v) is 5.20. The van der Waals surface area contributed by atoms with Gasteiger partial charge in [-0.1, -0.05) is 0 Å². The van der Waals surface area contributed by atoms with Crippen LogP contribution in [0.4, 0.5) is 0 Å². The molecule has 0 spiro atoms. The van der Waals surface area contributed by atoms with E-state index in [0.29, 0.717) is 40.0 Å². The Morgan fingerprint density at radius 3 is 2.66 bits per heavy atom. The number of nitrogens with one attached hydrogen (secondary N) is 1. The van der Waals surface area contributed by atoms with Gasteiger partial charge in [-0.3, -0.25) is 4.79 Å². The molecule has 2 heterocycles. The molecule has 8 nitrogen and oxygen atoms in total. The largest absolute Gasteiger partial charge is 0.548 e. The molecule has 156 valence electrons. The summed E-state index contributed by atoms with van der Waals surface area (Å²) in [6.07, 6.45) is 1.43. The number of aryl methyl sites for hydroxylation is 2. The molecule has 1 aliphatic rings. The molecule has 0 bridgehead atoms. The fourth-order valence-electron chi connectivity index (χ4n) is 3.33. The van der Waals surface area contributed by atoms with Crippen LogP contribution in [0.1, 0.15) is 43.9 Å². The number of rotatable bonds is 5. The highest BCUT2D eigenvalue weighted by atomic mass is 16.5. The highest BCUT2D eigenvalue weighted by molar-refractivity contribution is 5.92. The number of hydrogen-bond donors (Lipinski definition) is 1. The molecule has 3 rings (SSSR count). The molecular weight excluding hydrogens is 378 g/mol. The Hall–Kier alpha value is -3.03. The summed E-state index contributed by atoms with van der Waals surface area (Å²) in [5, 5.41) is 13.7. The molecule has 1 aromatic heterocycles. The van der Waals surface area contributed by atoms with E-state index in [2.05, 4.69) is 5.32 Å². The molecule has 29 heavy (non-hydrogen) atoms. The van der Waals surface area contributed by atoms with E-state index in [9.17, 15) is 19.5 Å². The lowest BCUT2D eigenvalue weighted by Crippen LogP contribution is -2.47. The van der Waals surface area contributed by atoms with E-state index in [1.807, 2.05) is 13.8 Å². The van der Waals surface area contributed by atoms with E-state index in [-0.39, 0.29) is 5.60 Å². The van der Waals surface area contributed by atoms with E-state index >= 15 is 0 Å². The molecule has 1 amide bonds. The molecule has 0 saturated heterocycles. The Balaban J connectivity index is 2.04. The van der Waals surface area contributed by atoms with Crippen LogP contribution in [-0.2, 0) is 16.0 Å². The van der Waals surface area contributed by atoms with Gasteiger partial charge in [0.05, 0.1) is 17.4 Å². The number of aliphatic carboxylic acids is 1. The zero-order valence-electron chi connectivity index (χ0n) is 17.1. The first-order valence-corrected chi connectivity index (χ1v) is 9.42. The summed E-state index contributed by atoms with van der Waals surface area (Å²) in [6.45, 7) is 8.28. The van der Waals surface area contributed by atoms with Gasteiger partial charge in [-0.25, -0.2) is 4.79 Å². The van der Waals surface area contributed by atoms with Crippen molar-refractivity contribution in [2.24, 2.45) is 0 Å². The van der Waals surface area contributed by atoms with E-state index in [1.54, 1.807) is 19.9 Å². The first kappa shape index (κ1) is 20.7. The van der Waals surface area contributed by atoms with Crippen molar-refractivity contribution in [1.29, 1.82) is 0 Å². The average molecular weight is 402 g/mol. The maximum atomic E-state index is 12.3. The highest BCUT2D eigenvalue weighted by Gasteiger charge is 2.31. The Morgan fingerprint density at radius 1 is 1.31 bits per heavy atom. The Labute approximate surface area is 167 Å². The van der Waals surface area contributed by atoms with Crippen molar-refractivity contribution in [3.63, 3.8) is 0 Å². The number of carbonyl (C=O) groups is 2. The number of carboxylic acids is 1. The molecule has 0 saturated carbocycles. The van der Waals surface area contributed by atoms with E-state index < -0.39 is 30.2 Å². The number of ether oxygens (including phenoxy) is 2. The number of benzene rings is 1. The molecule has 0 fully saturated rings. The van der Waals surface area contributed by atoms with Crippen molar-refractivity contribution in [1.82, 2.24) is 5.32 Å². The number of amides is 1. The number of hydrogen-bond acceptors (Lipinski definition) is 7. The topological polar surface area (TPSA) is 118 Å². The predicted molar refractivity (Wildman–Crippen MR) is 103 cm³/mol. The first-order valence-electron chi connectivity index (χ1n) is 9.42. The molecule has 1 N–H and O–H groups in total. The standard InChI is InChI=1S/C21H25NO7/c1-10-11(2)20(26)28-18-13-6-7-21(4,5)29-14(13)8-15(17(10)18)27-9-16(23)22-12(3)19(24)25/h8,12H,6-7,9H2,1-5H3,(H,22,23)(H,24,25)/p-1/t12-/m0/s1. The fourth-order valence-corrected chi connectivity index (χ4v) is 3.33. The van der Waals surface area contributed by atoms with Gasteiger partial charge in [-0.2, -0.15) is 0 Å². The number of carbonyl (C=O) groups excluding carboxylic acids is 2. The van der Waals surface area contributed by atoms with E-state index in [1.165, 1.54) is 6.92 Å². The zero-order chi connectivity index (χ0) is 21.5.